The van der Waals surface area contributed by atoms with Gasteiger partial charge in [-0.15, -0.1) is 0 Å². The Morgan fingerprint density at radius 3 is 2.30 bits per heavy atom. The van der Waals surface area contributed by atoms with E-state index in [1.54, 1.807) is 11.8 Å². The third-order valence-electron chi connectivity index (χ3n) is 4.09. The largest absolute Gasteiger partial charge is 0.483 e. The number of carboxylic acid groups (broad SMARTS) is 1. The quantitative estimate of drug-likeness (QED) is 0.863. The van der Waals surface area contributed by atoms with Gasteiger partial charge in [0.1, 0.15) is 11.3 Å². The zero-order chi connectivity index (χ0) is 17.0. The molecule has 1 saturated heterocycles. The maximum Gasteiger partial charge on any atom is 0.329 e. The van der Waals surface area contributed by atoms with Crippen LogP contribution in [0.3, 0.4) is 0 Å². The van der Waals surface area contributed by atoms with E-state index in [4.69, 9.17) is 4.74 Å². The van der Waals surface area contributed by atoms with Gasteiger partial charge < -0.3 is 15.2 Å². The first-order chi connectivity index (χ1) is 10.8. The molecule has 23 heavy (non-hydrogen) atoms. The number of benzene rings is 1. The highest BCUT2D eigenvalue weighted by molar-refractivity contribution is 7.99. The predicted molar refractivity (Wildman–Crippen MR) is 91.2 cm³/mol. The number of aliphatic carboxylic acids is 1. The molecular formula is C17H23NO4S. The van der Waals surface area contributed by atoms with E-state index in [-0.39, 0.29) is 6.61 Å². The molecule has 1 aliphatic heterocycles. The summed E-state index contributed by atoms with van der Waals surface area (Å²) in [6.45, 7) is 5.70. The molecule has 0 aliphatic carbocycles. The number of hydrogen-bond donors (Lipinski definition) is 2. The van der Waals surface area contributed by atoms with Crippen molar-refractivity contribution in [3.8, 4) is 5.75 Å². The minimum atomic E-state index is -1.15. The summed E-state index contributed by atoms with van der Waals surface area (Å²) >= 11 is 1.71. The highest BCUT2D eigenvalue weighted by Crippen LogP contribution is 2.28. The number of carbonyl (C=O) groups excluding carboxylic acids is 1. The monoisotopic (exact) mass is 337 g/mol. The van der Waals surface area contributed by atoms with Crippen molar-refractivity contribution < 1.29 is 19.4 Å². The number of rotatable bonds is 5. The van der Waals surface area contributed by atoms with E-state index in [1.807, 2.05) is 32.9 Å². The van der Waals surface area contributed by atoms with Crippen LogP contribution >= 0.6 is 11.8 Å². The molecule has 1 heterocycles. The van der Waals surface area contributed by atoms with Gasteiger partial charge in [-0.05, 0) is 56.2 Å². The van der Waals surface area contributed by atoms with E-state index in [0.29, 0.717) is 18.6 Å². The fourth-order valence-electron chi connectivity index (χ4n) is 2.95. The maximum atomic E-state index is 12.2. The zero-order valence-electron chi connectivity index (χ0n) is 13.8. The van der Waals surface area contributed by atoms with Crippen molar-refractivity contribution in [2.75, 3.05) is 18.1 Å². The summed E-state index contributed by atoms with van der Waals surface area (Å²) in [5.41, 5.74) is 1.93. The molecule has 1 aromatic rings. The number of hydrogen-bond acceptors (Lipinski definition) is 4. The Balaban J connectivity index is 2.01. The number of carbonyl (C=O) groups is 2. The highest BCUT2D eigenvalue weighted by Gasteiger charge is 2.41. The maximum absolute atomic E-state index is 12.2. The van der Waals surface area contributed by atoms with Crippen molar-refractivity contribution in [3.63, 3.8) is 0 Å². The van der Waals surface area contributed by atoms with Crippen molar-refractivity contribution in [3.05, 3.63) is 28.8 Å². The number of thioether (sulfide) groups is 1. The van der Waals surface area contributed by atoms with Crippen LogP contribution in [0.5, 0.6) is 5.75 Å². The number of nitrogens with one attached hydrogen (secondary N) is 1. The summed E-state index contributed by atoms with van der Waals surface area (Å²) in [4.78, 5) is 23.7. The molecule has 1 aliphatic rings. The molecule has 0 atom stereocenters. The Hall–Kier alpha value is -1.69. The van der Waals surface area contributed by atoms with Gasteiger partial charge in [0.05, 0.1) is 0 Å². The summed E-state index contributed by atoms with van der Waals surface area (Å²) in [5.74, 6) is 0.814. The summed E-state index contributed by atoms with van der Waals surface area (Å²) in [6.07, 6.45) is 0.892. The van der Waals surface area contributed by atoms with Crippen molar-refractivity contribution in [1.29, 1.82) is 0 Å². The Morgan fingerprint density at radius 2 is 1.78 bits per heavy atom. The lowest BCUT2D eigenvalue weighted by atomic mass is 9.92. The topological polar surface area (TPSA) is 75.6 Å². The van der Waals surface area contributed by atoms with Crippen LogP contribution in [-0.4, -0.2) is 40.6 Å². The van der Waals surface area contributed by atoms with E-state index >= 15 is 0 Å². The van der Waals surface area contributed by atoms with Crippen LogP contribution in [0.1, 0.15) is 29.5 Å². The van der Waals surface area contributed by atoms with Gasteiger partial charge in [0, 0.05) is 0 Å². The summed E-state index contributed by atoms with van der Waals surface area (Å²) < 4.78 is 5.64. The second kappa shape index (κ2) is 7.25. The van der Waals surface area contributed by atoms with Crippen LogP contribution in [0, 0.1) is 20.8 Å². The van der Waals surface area contributed by atoms with E-state index < -0.39 is 17.4 Å². The second-order valence-electron chi connectivity index (χ2n) is 6.06. The first kappa shape index (κ1) is 17.7. The number of ether oxygens (including phenoxy) is 1. The minimum Gasteiger partial charge on any atom is -0.483 e. The Bertz CT molecular complexity index is 586. The van der Waals surface area contributed by atoms with Crippen LogP contribution in [0.15, 0.2) is 12.1 Å². The summed E-state index contributed by atoms with van der Waals surface area (Å²) in [6, 6.07) is 3.99. The van der Waals surface area contributed by atoms with Gasteiger partial charge >= 0.3 is 5.97 Å². The van der Waals surface area contributed by atoms with Crippen LogP contribution in [0.2, 0.25) is 0 Å². The molecule has 126 valence electrons. The van der Waals surface area contributed by atoms with E-state index in [2.05, 4.69) is 5.32 Å². The average molecular weight is 337 g/mol. The molecule has 0 radical (unpaired) electrons. The average Bonchev–Trinajstić information content (AvgIpc) is 2.46. The number of amides is 1. The molecule has 2 N–H and O–H groups in total. The zero-order valence-corrected chi connectivity index (χ0v) is 14.6. The molecule has 0 saturated carbocycles. The van der Waals surface area contributed by atoms with Crippen molar-refractivity contribution in [2.45, 2.75) is 39.2 Å². The molecule has 1 aromatic carbocycles. The van der Waals surface area contributed by atoms with Gasteiger partial charge in [0.25, 0.3) is 5.91 Å². The number of carboxylic acids is 1. The molecule has 5 nitrogen and oxygen atoms in total. The molecule has 0 aromatic heterocycles. The minimum absolute atomic E-state index is 0.174. The molecule has 0 spiro atoms. The Kier molecular flexibility index (Phi) is 5.57. The summed E-state index contributed by atoms with van der Waals surface area (Å²) in [7, 11) is 0. The molecule has 0 unspecified atom stereocenters. The Morgan fingerprint density at radius 1 is 1.22 bits per heavy atom. The third kappa shape index (κ3) is 4.19. The fourth-order valence-corrected chi connectivity index (χ4v) is 4.14. The van der Waals surface area contributed by atoms with Crippen LogP contribution in [-0.2, 0) is 9.59 Å². The first-order valence-corrected chi connectivity index (χ1v) is 8.82. The van der Waals surface area contributed by atoms with Crippen LogP contribution in [0.25, 0.3) is 0 Å². The van der Waals surface area contributed by atoms with Gasteiger partial charge in [0.2, 0.25) is 0 Å². The lowest BCUT2D eigenvalue weighted by Crippen LogP contribution is -2.57. The van der Waals surface area contributed by atoms with Crippen molar-refractivity contribution in [1.82, 2.24) is 5.32 Å². The first-order valence-electron chi connectivity index (χ1n) is 7.67. The van der Waals surface area contributed by atoms with Gasteiger partial charge in [0.15, 0.2) is 6.61 Å². The van der Waals surface area contributed by atoms with E-state index in [0.717, 1.165) is 28.2 Å². The lowest BCUT2D eigenvalue weighted by molar-refractivity contribution is -0.148. The van der Waals surface area contributed by atoms with Crippen molar-refractivity contribution in [2.24, 2.45) is 0 Å². The molecule has 6 heteroatoms. The molecule has 2 rings (SSSR count). The normalized spacial score (nSPS) is 16.7. The highest BCUT2D eigenvalue weighted by atomic mass is 32.2. The van der Waals surface area contributed by atoms with Gasteiger partial charge in [-0.2, -0.15) is 11.8 Å². The smallest absolute Gasteiger partial charge is 0.329 e. The standard InChI is InChI=1S/C17H23NO4S/c1-11-8-12(2)15(13(3)9-11)22-10-14(19)18-17(16(20)21)4-6-23-7-5-17/h8-9H,4-7,10H2,1-3H3,(H,18,19)(H,20,21). The van der Waals surface area contributed by atoms with E-state index in [9.17, 15) is 14.7 Å². The number of aryl methyl sites for hydroxylation is 3. The molecular weight excluding hydrogens is 314 g/mol. The fraction of sp³-hybridized carbons (Fsp3) is 0.529. The van der Waals surface area contributed by atoms with Gasteiger partial charge in [-0.3, -0.25) is 4.79 Å². The van der Waals surface area contributed by atoms with Gasteiger partial charge in [-0.25, -0.2) is 4.79 Å². The van der Waals surface area contributed by atoms with Crippen LogP contribution in [0.4, 0.5) is 0 Å². The molecule has 0 bridgehead atoms. The van der Waals surface area contributed by atoms with Crippen molar-refractivity contribution >= 4 is 23.6 Å². The molecule has 1 amide bonds. The lowest BCUT2D eigenvalue weighted by Gasteiger charge is -2.33. The van der Waals surface area contributed by atoms with Gasteiger partial charge in [-0.1, -0.05) is 17.7 Å². The third-order valence-corrected chi connectivity index (χ3v) is 5.07. The summed E-state index contributed by atoms with van der Waals surface area (Å²) in [5, 5.41) is 12.2. The SMILES string of the molecule is Cc1cc(C)c(OCC(=O)NC2(C(=O)O)CCSCC2)c(C)c1. The second-order valence-corrected chi connectivity index (χ2v) is 7.29. The van der Waals surface area contributed by atoms with E-state index in [1.165, 1.54) is 0 Å². The predicted octanol–water partition coefficient (Wildman–Crippen LogP) is 2.46. The molecule has 1 fully saturated rings. The van der Waals surface area contributed by atoms with Crippen LogP contribution < -0.4 is 10.1 Å². The Labute approximate surface area is 140 Å².